The smallest absolute Gasteiger partial charge is 0.0323 e. The molecule has 0 radical (unpaired) electrons. The molecule has 0 amide bonds. The van der Waals surface area contributed by atoms with Crippen molar-refractivity contribution >= 4 is 0 Å². The molecule has 2 saturated carbocycles. The van der Waals surface area contributed by atoms with Gasteiger partial charge in [0.15, 0.2) is 0 Å². The van der Waals surface area contributed by atoms with Gasteiger partial charge in [-0.25, -0.2) is 0 Å². The molecule has 2 N–H and O–H groups in total. The molecule has 0 aliphatic heterocycles. The van der Waals surface area contributed by atoms with Crippen molar-refractivity contribution in [3.05, 3.63) is 35.4 Å². The van der Waals surface area contributed by atoms with Crippen LogP contribution in [0.5, 0.6) is 0 Å². The Morgan fingerprint density at radius 3 is 2.37 bits per heavy atom. The van der Waals surface area contributed by atoms with Crippen molar-refractivity contribution in [1.29, 1.82) is 0 Å². The van der Waals surface area contributed by atoms with Gasteiger partial charge in [-0.15, -0.1) is 0 Å². The molecule has 0 saturated heterocycles. The first-order valence-electron chi connectivity index (χ1n) is 8.06. The second-order valence-corrected chi connectivity index (χ2v) is 6.81. The predicted molar refractivity (Wildman–Crippen MR) is 80.9 cm³/mol. The lowest BCUT2D eigenvalue weighted by atomic mass is 9.65. The van der Waals surface area contributed by atoms with Gasteiger partial charge in [0.1, 0.15) is 0 Å². The van der Waals surface area contributed by atoms with E-state index in [0.717, 1.165) is 11.8 Å². The van der Waals surface area contributed by atoms with E-state index in [0.29, 0.717) is 5.92 Å². The van der Waals surface area contributed by atoms with Crippen molar-refractivity contribution in [2.24, 2.45) is 23.5 Å². The van der Waals surface area contributed by atoms with Gasteiger partial charge in [0.05, 0.1) is 0 Å². The van der Waals surface area contributed by atoms with Crippen molar-refractivity contribution in [3.63, 3.8) is 0 Å². The van der Waals surface area contributed by atoms with Gasteiger partial charge in [0.2, 0.25) is 0 Å². The lowest BCUT2D eigenvalue weighted by molar-refractivity contribution is 0.117. The molecule has 2 aliphatic carbocycles. The van der Waals surface area contributed by atoms with E-state index in [4.69, 9.17) is 5.73 Å². The third-order valence-corrected chi connectivity index (χ3v) is 5.55. The third kappa shape index (κ3) is 2.86. The first kappa shape index (κ1) is 13.2. The highest BCUT2D eigenvalue weighted by atomic mass is 14.7. The topological polar surface area (TPSA) is 26.0 Å². The van der Waals surface area contributed by atoms with Crippen molar-refractivity contribution in [2.45, 2.75) is 57.9 Å². The number of rotatable bonds is 2. The second kappa shape index (κ2) is 5.66. The van der Waals surface area contributed by atoms with Crippen molar-refractivity contribution in [2.75, 3.05) is 0 Å². The summed E-state index contributed by atoms with van der Waals surface area (Å²) in [5.74, 6) is 2.71. The zero-order valence-electron chi connectivity index (χ0n) is 12.1. The third-order valence-electron chi connectivity index (χ3n) is 5.55. The summed E-state index contributed by atoms with van der Waals surface area (Å²) in [6.45, 7) is 2.14. The molecule has 1 aromatic rings. The number of hydrogen-bond donors (Lipinski definition) is 1. The highest BCUT2D eigenvalue weighted by Crippen LogP contribution is 2.45. The summed E-state index contributed by atoms with van der Waals surface area (Å²) in [5, 5.41) is 0. The molecule has 0 aromatic heterocycles. The summed E-state index contributed by atoms with van der Waals surface area (Å²) >= 11 is 0. The van der Waals surface area contributed by atoms with E-state index in [1.54, 1.807) is 0 Å². The zero-order valence-corrected chi connectivity index (χ0v) is 12.1. The average Bonchev–Trinajstić information content (AvgIpc) is 2.47. The molecule has 0 bridgehead atoms. The highest BCUT2D eigenvalue weighted by molar-refractivity contribution is 5.24. The number of benzene rings is 1. The van der Waals surface area contributed by atoms with Crippen LogP contribution in [0.15, 0.2) is 24.3 Å². The normalized spacial score (nSPS) is 32.6. The van der Waals surface area contributed by atoms with Crippen molar-refractivity contribution in [1.82, 2.24) is 0 Å². The van der Waals surface area contributed by atoms with E-state index in [1.165, 1.54) is 56.1 Å². The summed E-state index contributed by atoms with van der Waals surface area (Å²) in [6, 6.07) is 9.10. The Morgan fingerprint density at radius 1 is 0.947 bits per heavy atom. The Bertz CT molecular complexity index is 408. The second-order valence-electron chi connectivity index (χ2n) is 6.81. The molecular formula is C18H27N. The zero-order chi connectivity index (χ0) is 13.2. The lowest BCUT2D eigenvalue weighted by Gasteiger charge is -2.41. The van der Waals surface area contributed by atoms with Crippen LogP contribution in [-0.2, 0) is 0 Å². The van der Waals surface area contributed by atoms with Crippen LogP contribution in [0.25, 0.3) is 0 Å². The molecule has 104 valence electrons. The Morgan fingerprint density at radius 2 is 1.63 bits per heavy atom. The van der Waals surface area contributed by atoms with Gasteiger partial charge in [-0.3, -0.25) is 0 Å². The SMILES string of the molecule is Cc1ccc(C(N)C2CCC3CCCCC3C2)cc1. The Hall–Kier alpha value is -0.820. The number of hydrogen-bond acceptors (Lipinski definition) is 1. The Kier molecular flexibility index (Phi) is 3.93. The van der Waals surface area contributed by atoms with Gasteiger partial charge < -0.3 is 5.73 Å². The molecular weight excluding hydrogens is 230 g/mol. The van der Waals surface area contributed by atoms with Crippen LogP contribution in [-0.4, -0.2) is 0 Å². The molecule has 0 heterocycles. The summed E-state index contributed by atoms with van der Waals surface area (Å²) in [4.78, 5) is 0. The van der Waals surface area contributed by atoms with Crippen molar-refractivity contribution in [3.8, 4) is 0 Å². The maximum atomic E-state index is 6.54. The van der Waals surface area contributed by atoms with E-state index >= 15 is 0 Å². The summed E-state index contributed by atoms with van der Waals surface area (Å²) in [7, 11) is 0. The van der Waals surface area contributed by atoms with Crippen LogP contribution in [0.1, 0.15) is 62.1 Å². The largest absolute Gasteiger partial charge is 0.324 e. The Labute approximate surface area is 117 Å². The van der Waals surface area contributed by atoms with Gasteiger partial charge in [0.25, 0.3) is 0 Å². The molecule has 2 fully saturated rings. The fourth-order valence-corrected chi connectivity index (χ4v) is 4.30. The van der Waals surface area contributed by atoms with Gasteiger partial charge in [-0.2, -0.15) is 0 Å². The van der Waals surface area contributed by atoms with Crippen LogP contribution in [0, 0.1) is 24.7 Å². The van der Waals surface area contributed by atoms with Gasteiger partial charge in [0, 0.05) is 6.04 Å². The standard InChI is InChI=1S/C18H27N/c1-13-6-8-15(9-7-13)18(19)17-11-10-14-4-2-3-5-16(14)12-17/h6-9,14,16-18H,2-5,10-12,19H2,1H3. The maximum absolute atomic E-state index is 6.54. The van der Waals surface area contributed by atoms with E-state index in [2.05, 4.69) is 31.2 Å². The molecule has 1 aromatic carbocycles. The molecule has 2 aliphatic rings. The van der Waals surface area contributed by atoms with Crippen LogP contribution in [0.2, 0.25) is 0 Å². The molecule has 1 heteroatoms. The van der Waals surface area contributed by atoms with Crippen LogP contribution in [0.3, 0.4) is 0 Å². The summed E-state index contributed by atoms with van der Waals surface area (Å²) in [5.41, 5.74) is 9.21. The number of nitrogens with two attached hydrogens (primary N) is 1. The quantitative estimate of drug-likeness (QED) is 0.823. The minimum absolute atomic E-state index is 0.253. The molecule has 3 rings (SSSR count). The van der Waals surface area contributed by atoms with Crippen molar-refractivity contribution < 1.29 is 0 Å². The number of fused-ring (bicyclic) bond motifs is 1. The van der Waals surface area contributed by atoms with Crippen LogP contribution >= 0.6 is 0 Å². The van der Waals surface area contributed by atoms with Gasteiger partial charge in [-0.1, -0.05) is 55.5 Å². The molecule has 4 unspecified atom stereocenters. The molecule has 0 spiro atoms. The summed E-state index contributed by atoms with van der Waals surface area (Å²) < 4.78 is 0. The molecule has 19 heavy (non-hydrogen) atoms. The molecule has 4 atom stereocenters. The lowest BCUT2D eigenvalue weighted by Crippen LogP contribution is -2.33. The first-order chi connectivity index (χ1) is 9.24. The van der Waals surface area contributed by atoms with Crippen LogP contribution < -0.4 is 5.73 Å². The number of aryl methyl sites for hydroxylation is 1. The van der Waals surface area contributed by atoms with E-state index < -0.39 is 0 Å². The summed E-state index contributed by atoms with van der Waals surface area (Å²) in [6.07, 6.45) is 10.0. The van der Waals surface area contributed by atoms with Crippen LogP contribution in [0.4, 0.5) is 0 Å². The monoisotopic (exact) mass is 257 g/mol. The fraction of sp³-hybridized carbons (Fsp3) is 0.667. The highest BCUT2D eigenvalue weighted by Gasteiger charge is 2.34. The average molecular weight is 257 g/mol. The van der Waals surface area contributed by atoms with E-state index in [-0.39, 0.29) is 6.04 Å². The minimum atomic E-state index is 0.253. The van der Waals surface area contributed by atoms with Gasteiger partial charge in [-0.05, 0) is 49.5 Å². The van der Waals surface area contributed by atoms with E-state index in [9.17, 15) is 0 Å². The fourth-order valence-electron chi connectivity index (χ4n) is 4.30. The molecule has 1 nitrogen and oxygen atoms in total. The maximum Gasteiger partial charge on any atom is 0.0323 e. The Balaban J connectivity index is 1.67. The van der Waals surface area contributed by atoms with Gasteiger partial charge >= 0.3 is 0 Å². The van der Waals surface area contributed by atoms with E-state index in [1.807, 2.05) is 0 Å². The minimum Gasteiger partial charge on any atom is -0.324 e. The first-order valence-corrected chi connectivity index (χ1v) is 8.06. The predicted octanol–water partition coefficient (Wildman–Crippen LogP) is 4.60.